The van der Waals surface area contributed by atoms with Crippen molar-refractivity contribution in [2.24, 2.45) is 0 Å². The van der Waals surface area contributed by atoms with Crippen LogP contribution in [0, 0.1) is 19.7 Å². The molecule has 0 spiro atoms. The van der Waals surface area contributed by atoms with Crippen molar-refractivity contribution < 1.29 is 14.0 Å². The van der Waals surface area contributed by atoms with E-state index in [9.17, 15) is 9.18 Å². The summed E-state index contributed by atoms with van der Waals surface area (Å²) in [6.07, 6.45) is 0. The number of thiophene rings is 1. The summed E-state index contributed by atoms with van der Waals surface area (Å²) in [5.74, 6) is -0.792. The smallest absolute Gasteiger partial charge is 0.278 e. The van der Waals surface area contributed by atoms with Crippen molar-refractivity contribution >= 4 is 38.1 Å². The number of carbonyl (C=O) groups is 1. The van der Waals surface area contributed by atoms with Crippen LogP contribution in [0.1, 0.15) is 35.5 Å². The third-order valence-electron chi connectivity index (χ3n) is 3.49. The molecule has 2 N–H and O–H groups in total. The van der Waals surface area contributed by atoms with Crippen molar-refractivity contribution in [3.63, 3.8) is 0 Å². The number of anilines is 2. The molecule has 0 bridgehead atoms. The maximum atomic E-state index is 14.1. The molecule has 0 aliphatic rings. The van der Waals surface area contributed by atoms with Crippen molar-refractivity contribution in [3.05, 3.63) is 53.0 Å². The molecule has 3 aromatic rings. The van der Waals surface area contributed by atoms with Crippen LogP contribution < -0.4 is 10.8 Å². The predicted octanol–water partition coefficient (Wildman–Crippen LogP) is 5.11. The number of nitrogens with one attached hydrogen (secondary N) is 2. The number of halogens is 1. The highest BCUT2D eigenvalue weighted by atomic mass is 32.1. The van der Waals surface area contributed by atoms with E-state index in [1.54, 1.807) is 12.1 Å². The highest BCUT2D eigenvalue weighted by Crippen LogP contribution is 2.37. The third-order valence-corrected chi connectivity index (χ3v) is 4.50. The van der Waals surface area contributed by atoms with Gasteiger partial charge in [-0.1, -0.05) is 31.3 Å². The Morgan fingerprint density at radius 2 is 1.92 bits per heavy atom. The Hall–Kier alpha value is -2.51. The zero-order valence-corrected chi connectivity index (χ0v) is 16.3. The molecular weight excluding hydrogens is 353 g/mol. The van der Waals surface area contributed by atoms with E-state index in [1.165, 1.54) is 24.5 Å². The van der Waals surface area contributed by atoms with Gasteiger partial charge in [-0.3, -0.25) is 9.63 Å². The number of hydroxylamine groups is 1. The lowest BCUT2D eigenvalue weighted by molar-refractivity contribution is 0.0540. The van der Waals surface area contributed by atoms with E-state index >= 15 is 0 Å². The van der Waals surface area contributed by atoms with Crippen LogP contribution in [0.15, 0.2) is 30.3 Å². The summed E-state index contributed by atoms with van der Waals surface area (Å²) >= 11 is 1.29. The second-order valence-electron chi connectivity index (χ2n) is 5.36. The predicted molar refractivity (Wildman–Crippen MR) is 105 cm³/mol. The Bertz CT molecular complexity index is 925. The van der Waals surface area contributed by atoms with Gasteiger partial charge >= 0.3 is 0 Å². The molecule has 0 atom stereocenters. The molecule has 26 heavy (non-hydrogen) atoms. The van der Waals surface area contributed by atoms with Gasteiger partial charge in [0.2, 0.25) is 0 Å². The second kappa shape index (κ2) is 8.73. The number of aromatic nitrogens is 1. The number of pyridine rings is 1. The fourth-order valence-corrected chi connectivity index (χ4v) is 3.50. The molecule has 5 nitrogen and oxygen atoms in total. The topological polar surface area (TPSA) is 63.2 Å². The highest BCUT2D eigenvalue weighted by Gasteiger charge is 2.21. The largest absolute Gasteiger partial charge is 0.344 e. The molecule has 0 saturated heterocycles. The summed E-state index contributed by atoms with van der Waals surface area (Å²) in [6, 6.07) is 8.54. The van der Waals surface area contributed by atoms with Gasteiger partial charge in [0.05, 0.1) is 18.4 Å². The molecule has 0 radical (unpaired) electrons. The minimum absolute atomic E-state index is 0.301. The van der Waals surface area contributed by atoms with Gasteiger partial charge in [0.25, 0.3) is 5.91 Å². The molecule has 138 valence electrons. The highest BCUT2D eigenvalue weighted by molar-refractivity contribution is 7.23. The minimum Gasteiger partial charge on any atom is -0.344 e. The Kier molecular flexibility index (Phi) is 6.65. The first-order valence-electron chi connectivity index (χ1n) is 8.26. The lowest BCUT2D eigenvalue weighted by atomic mass is 10.1. The van der Waals surface area contributed by atoms with E-state index in [1.807, 2.05) is 39.8 Å². The van der Waals surface area contributed by atoms with Gasteiger partial charge in [0.1, 0.15) is 15.6 Å². The number of benzene rings is 1. The maximum absolute atomic E-state index is 14.1. The SMILES string of the molecule is CC.CONC(=O)c1c(Nc2ccc(C)cc2F)sc2nc(C)ccc12. The van der Waals surface area contributed by atoms with Crippen LogP contribution in [0.2, 0.25) is 0 Å². The third kappa shape index (κ3) is 4.17. The number of amides is 1. The van der Waals surface area contributed by atoms with Crippen molar-refractivity contribution in [1.82, 2.24) is 10.5 Å². The van der Waals surface area contributed by atoms with E-state index in [0.29, 0.717) is 26.5 Å². The van der Waals surface area contributed by atoms with Crippen LogP contribution in [0.4, 0.5) is 15.1 Å². The number of carbonyl (C=O) groups excluding carboxylic acids is 1. The van der Waals surface area contributed by atoms with E-state index < -0.39 is 5.91 Å². The first-order chi connectivity index (χ1) is 12.5. The molecule has 2 aromatic heterocycles. The van der Waals surface area contributed by atoms with Crippen LogP contribution >= 0.6 is 11.3 Å². The summed E-state index contributed by atoms with van der Waals surface area (Å²) in [5.41, 5.74) is 4.66. The lowest BCUT2D eigenvalue weighted by Gasteiger charge is -2.09. The fourth-order valence-electron chi connectivity index (χ4n) is 2.37. The molecular formula is C19H22FN3O2S. The number of aryl methyl sites for hydroxylation is 2. The van der Waals surface area contributed by atoms with Gasteiger partial charge in [-0.05, 0) is 43.7 Å². The van der Waals surface area contributed by atoms with Crippen LogP contribution in [-0.2, 0) is 4.84 Å². The average molecular weight is 375 g/mol. The van der Waals surface area contributed by atoms with Gasteiger partial charge in [0, 0.05) is 11.1 Å². The number of hydrogen-bond donors (Lipinski definition) is 2. The van der Waals surface area contributed by atoms with Gasteiger partial charge in [0.15, 0.2) is 0 Å². The number of hydrogen-bond acceptors (Lipinski definition) is 5. The van der Waals surface area contributed by atoms with Gasteiger partial charge in [-0.2, -0.15) is 0 Å². The number of nitrogens with zero attached hydrogens (tertiary/aromatic N) is 1. The molecule has 1 aromatic carbocycles. The standard InChI is InChI=1S/C17H16FN3O2S.C2H6/c1-9-4-7-13(12(18)8-9)20-17-14(15(22)21-23-3)11-6-5-10(2)19-16(11)24-17;1-2/h4-8,20H,1-3H3,(H,21,22);1-2H3. The van der Waals surface area contributed by atoms with E-state index in [4.69, 9.17) is 4.84 Å². The summed E-state index contributed by atoms with van der Waals surface area (Å²) in [5, 5.41) is 4.21. The van der Waals surface area contributed by atoms with Crippen LogP contribution in [0.3, 0.4) is 0 Å². The zero-order valence-electron chi connectivity index (χ0n) is 15.4. The number of rotatable bonds is 4. The van der Waals surface area contributed by atoms with E-state index in [-0.39, 0.29) is 5.82 Å². The molecule has 3 rings (SSSR count). The van der Waals surface area contributed by atoms with Gasteiger partial charge < -0.3 is 5.32 Å². The van der Waals surface area contributed by atoms with Crippen LogP contribution in [0.5, 0.6) is 0 Å². The minimum atomic E-state index is -0.413. The monoisotopic (exact) mass is 375 g/mol. The van der Waals surface area contributed by atoms with Gasteiger partial charge in [-0.25, -0.2) is 14.9 Å². The quantitative estimate of drug-likeness (QED) is 0.622. The fraction of sp³-hybridized carbons (Fsp3) is 0.263. The maximum Gasteiger partial charge on any atom is 0.278 e. The molecule has 0 fully saturated rings. The average Bonchev–Trinajstić information content (AvgIpc) is 2.96. The Balaban J connectivity index is 0.00000117. The summed E-state index contributed by atoms with van der Waals surface area (Å²) in [6.45, 7) is 7.69. The van der Waals surface area contributed by atoms with Crippen molar-refractivity contribution in [1.29, 1.82) is 0 Å². The Morgan fingerprint density at radius 1 is 1.19 bits per heavy atom. The second-order valence-corrected chi connectivity index (χ2v) is 6.35. The summed E-state index contributed by atoms with van der Waals surface area (Å²) in [4.78, 5) is 22.2. The number of fused-ring (bicyclic) bond motifs is 1. The molecule has 2 heterocycles. The zero-order chi connectivity index (χ0) is 19.3. The van der Waals surface area contributed by atoms with Crippen LogP contribution in [-0.4, -0.2) is 18.0 Å². The van der Waals surface area contributed by atoms with Crippen molar-refractivity contribution in [2.75, 3.05) is 12.4 Å². The first-order valence-corrected chi connectivity index (χ1v) is 9.08. The summed E-state index contributed by atoms with van der Waals surface area (Å²) < 4.78 is 14.1. The molecule has 0 aliphatic carbocycles. The molecule has 1 amide bonds. The van der Waals surface area contributed by atoms with Crippen molar-refractivity contribution in [2.45, 2.75) is 27.7 Å². The lowest BCUT2D eigenvalue weighted by Crippen LogP contribution is -2.22. The van der Waals surface area contributed by atoms with Crippen LogP contribution in [0.25, 0.3) is 10.2 Å². The summed E-state index contributed by atoms with van der Waals surface area (Å²) in [7, 11) is 1.36. The van der Waals surface area contributed by atoms with Gasteiger partial charge in [-0.15, -0.1) is 0 Å². The first kappa shape index (κ1) is 19.8. The Morgan fingerprint density at radius 3 is 2.58 bits per heavy atom. The van der Waals surface area contributed by atoms with E-state index in [2.05, 4.69) is 15.8 Å². The Labute approximate surface area is 156 Å². The molecule has 0 unspecified atom stereocenters. The molecule has 7 heteroatoms. The van der Waals surface area contributed by atoms with E-state index in [0.717, 1.165) is 11.3 Å². The molecule has 0 aliphatic heterocycles. The van der Waals surface area contributed by atoms with Crippen molar-refractivity contribution in [3.8, 4) is 0 Å². The molecule has 0 saturated carbocycles. The normalized spacial score (nSPS) is 10.2.